The molecule has 4 nitrogen and oxygen atoms in total. The average Bonchev–Trinajstić information content (AvgIpc) is 2.55. The standard InChI is InChI=1S/C17H17O4P/c1-12(11-17(18)20-2)22(19)16-10-6-4-8-14(16)13-7-3-5-9-15(13)21-22/h3-10,12H,11H2,1-2H3. The van der Waals surface area contributed by atoms with Crippen LogP contribution in [0.15, 0.2) is 48.5 Å². The zero-order valence-corrected chi connectivity index (χ0v) is 13.4. The molecule has 1 aliphatic heterocycles. The molecule has 2 aromatic rings. The van der Waals surface area contributed by atoms with Gasteiger partial charge in [0, 0.05) is 5.56 Å². The van der Waals surface area contributed by atoms with Gasteiger partial charge in [-0.15, -0.1) is 0 Å². The van der Waals surface area contributed by atoms with Gasteiger partial charge in [0.25, 0.3) is 7.37 Å². The molecule has 114 valence electrons. The minimum Gasteiger partial charge on any atom is -0.469 e. The molecule has 2 unspecified atom stereocenters. The van der Waals surface area contributed by atoms with Gasteiger partial charge in [0.05, 0.1) is 24.5 Å². The summed E-state index contributed by atoms with van der Waals surface area (Å²) in [6.45, 7) is 1.77. The van der Waals surface area contributed by atoms with Gasteiger partial charge in [-0.05, 0) is 17.7 Å². The number of ether oxygens (including phenoxy) is 1. The van der Waals surface area contributed by atoms with E-state index < -0.39 is 13.0 Å². The van der Waals surface area contributed by atoms with Gasteiger partial charge in [0.2, 0.25) is 0 Å². The number of carbonyl (C=O) groups is 1. The first-order valence-electron chi connectivity index (χ1n) is 7.11. The Balaban J connectivity index is 2.11. The van der Waals surface area contributed by atoms with Gasteiger partial charge in [-0.25, -0.2) is 0 Å². The quantitative estimate of drug-likeness (QED) is 0.641. The van der Waals surface area contributed by atoms with E-state index in [-0.39, 0.29) is 12.4 Å². The highest BCUT2D eigenvalue weighted by atomic mass is 31.2. The molecule has 1 aliphatic rings. The molecule has 3 rings (SSSR count). The van der Waals surface area contributed by atoms with Crippen LogP contribution in [-0.2, 0) is 14.1 Å². The second-order valence-electron chi connectivity index (χ2n) is 5.33. The highest BCUT2D eigenvalue weighted by Gasteiger charge is 2.41. The van der Waals surface area contributed by atoms with Crippen LogP contribution in [0.5, 0.6) is 5.75 Å². The largest absolute Gasteiger partial charge is 0.469 e. The summed E-state index contributed by atoms with van der Waals surface area (Å²) in [5, 5.41) is 0.671. The number of carbonyl (C=O) groups excluding carboxylic acids is 1. The maximum atomic E-state index is 13.5. The summed E-state index contributed by atoms with van der Waals surface area (Å²) in [4.78, 5) is 11.6. The van der Waals surface area contributed by atoms with Crippen LogP contribution in [0, 0.1) is 0 Å². The van der Waals surface area contributed by atoms with E-state index in [1.807, 2.05) is 48.5 Å². The molecule has 22 heavy (non-hydrogen) atoms. The SMILES string of the molecule is COC(=O)CC(C)P1(=O)Oc2ccccc2-c2ccccc21. The van der Waals surface area contributed by atoms with E-state index in [0.29, 0.717) is 11.1 Å². The maximum absolute atomic E-state index is 13.5. The highest BCUT2D eigenvalue weighted by Crippen LogP contribution is 2.58. The van der Waals surface area contributed by atoms with Crippen molar-refractivity contribution in [2.24, 2.45) is 0 Å². The van der Waals surface area contributed by atoms with Crippen molar-refractivity contribution in [2.45, 2.75) is 19.0 Å². The number of fused-ring (bicyclic) bond motifs is 3. The van der Waals surface area contributed by atoms with Crippen molar-refractivity contribution in [3.05, 3.63) is 48.5 Å². The van der Waals surface area contributed by atoms with E-state index in [2.05, 4.69) is 0 Å². The number of hydrogen-bond acceptors (Lipinski definition) is 4. The number of methoxy groups -OCH3 is 1. The van der Waals surface area contributed by atoms with Crippen LogP contribution in [0.1, 0.15) is 13.3 Å². The molecule has 2 atom stereocenters. The molecule has 2 aromatic carbocycles. The number of esters is 1. The fourth-order valence-electron chi connectivity index (χ4n) is 2.71. The number of para-hydroxylation sites is 1. The molecule has 0 amide bonds. The lowest BCUT2D eigenvalue weighted by Gasteiger charge is -2.32. The normalized spacial score (nSPS) is 20.3. The first-order valence-corrected chi connectivity index (χ1v) is 8.81. The lowest BCUT2D eigenvalue weighted by atomic mass is 10.0. The first kappa shape index (κ1) is 14.9. The summed E-state index contributed by atoms with van der Waals surface area (Å²) in [5.74, 6) is 0.212. The van der Waals surface area contributed by atoms with Crippen molar-refractivity contribution < 1.29 is 18.6 Å². The summed E-state index contributed by atoms with van der Waals surface area (Å²) in [6, 6.07) is 15.0. The monoisotopic (exact) mass is 316 g/mol. The molecule has 0 fully saturated rings. The molecule has 0 saturated carbocycles. The fourth-order valence-corrected chi connectivity index (χ4v) is 5.13. The summed E-state index contributed by atoms with van der Waals surface area (Å²) >= 11 is 0. The zero-order valence-electron chi connectivity index (χ0n) is 12.5. The molecular weight excluding hydrogens is 299 g/mol. The Morgan fingerprint density at radius 2 is 1.77 bits per heavy atom. The molecular formula is C17H17O4P. The molecule has 0 spiro atoms. The second kappa shape index (κ2) is 5.62. The predicted molar refractivity (Wildman–Crippen MR) is 85.8 cm³/mol. The number of rotatable bonds is 3. The van der Waals surface area contributed by atoms with Gasteiger partial charge in [0.1, 0.15) is 5.75 Å². The lowest BCUT2D eigenvalue weighted by molar-refractivity contribution is -0.140. The second-order valence-corrected chi connectivity index (χ2v) is 8.07. The average molecular weight is 316 g/mol. The van der Waals surface area contributed by atoms with Crippen LogP contribution in [0.25, 0.3) is 11.1 Å². The van der Waals surface area contributed by atoms with Crippen molar-refractivity contribution in [1.82, 2.24) is 0 Å². The third kappa shape index (κ3) is 2.34. The maximum Gasteiger partial charge on any atom is 0.306 e. The van der Waals surface area contributed by atoms with Crippen LogP contribution in [0.3, 0.4) is 0 Å². The van der Waals surface area contributed by atoms with Crippen molar-refractivity contribution in [2.75, 3.05) is 7.11 Å². The van der Waals surface area contributed by atoms with E-state index in [0.717, 1.165) is 11.1 Å². The van der Waals surface area contributed by atoms with Crippen molar-refractivity contribution in [3.63, 3.8) is 0 Å². The molecule has 0 saturated heterocycles. The number of hydrogen-bond donors (Lipinski definition) is 0. The lowest BCUT2D eigenvalue weighted by Crippen LogP contribution is -2.26. The minimum atomic E-state index is -3.19. The smallest absolute Gasteiger partial charge is 0.306 e. The Hall–Kier alpha value is -2.06. The molecule has 0 N–H and O–H groups in total. The molecule has 5 heteroatoms. The topological polar surface area (TPSA) is 52.6 Å². The predicted octanol–water partition coefficient (Wildman–Crippen LogP) is 3.60. The third-order valence-electron chi connectivity index (χ3n) is 3.92. The molecule has 1 heterocycles. The summed E-state index contributed by atoms with van der Waals surface area (Å²) in [5.41, 5.74) is 1.38. The van der Waals surface area contributed by atoms with Gasteiger partial charge in [-0.1, -0.05) is 43.3 Å². The number of benzene rings is 2. The van der Waals surface area contributed by atoms with E-state index in [9.17, 15) is 9.36 Å². The van der Waals surface area contributed by atoms with E-state index >= 15 is 0 Å². The van der Waals surface area contributed by atoms with Crippen molar-refractivity contribution in [3.8, 4) is 16.9 Å². The Morgan fingerprint density at radius 1 is 1.14 bits per heavy atom. The van der Waals surface area contributed by atoms with Crippen LogP contribution in [0.2, 0.25) is 0 Å². The van der Waals surface area contributed by atoms with Gasteiger partial charge in [0.15, 0.2) is 0 Å². The van der Waals surface area contributed by atoms with E-state index in [4.69, 9.17) is 9.26 Å². The van der Waals surface area contributed by atoms with Crippen LogP contribution >= 0.6 is 7.37 Å². The van der Waals surface area contributed by atoms with Gasteiger partial charge < -0.3 is 9.26 Å². The summed E-state index contributed by atoms with van der Waals surface area (Å²) in [6.07, 6.45) is 0.0598. The summed E-state index contributed by atoms with van der Waals surface area (Å²) in [7, 11) is -1.87. The Bertz CT molecular complexity index is 769. The Kier molecular flexibility index (Phi) is 3.79. The summed E-state index contributed by atoms with van der Waals surface area (Å²) < 4.78 is 24.1. The molecule has 0 bridgehead atoms. The van der Waals surface area contributed by atoms with Gasteiger partial charge in [-0.2, -0.15) is 0 Å². The minimum absolute atomic E-state index is 0.0598. The van der Waals surface area contributed by atoms with Crippen LogP contribution in [-0.4, -0.2) is 18.7 Å². The zero-order chi connectivity index (χ0) is 15.7. The molecule has 0 radical (unpaired) electrons. The Labute approximate surface area is 129 Å². The van der Waals surface area contributed by atoms with Crippen molar-refractivity contribution >= 4 is 18.6 Å². The van der Waals surface area contributed by atoms with E-state index in [1.165, 1.54) is 7.11 Å². The van der Waals surface area contributed by atoms with E-state index in [1.54, 1.807) is 6.92 Å². The third-order valence-corrected chi connectivity index (χ3v) is 6.79. The molecule has 0 aromatic heterocycles. The van der Waals surface area contributed by atoms with Crippen LogP contribution in [0.4, 0.5) is 0 Å². The van der Waals surface area contributed by atoms with Crippen molar-refractivity contribution in [1.29, 1.82) is 0 Å². The fraction of sp³-hybridized carbons (Fsp3) is 0.235. The highest BCUT2D eigenvalue weighted by molar-refractivity contribution is 7.68. The molecule has 0 aliphatic carbocycles. The first-order chi connectivity index (χ1) is 10.6. The Morgan fingerprint density at radius 3 is 2.50 bits per heavy atom. The van der Waals surface area contributed by atoms with Gasteiger partial charge >= 0.3 is 5.97 Å². The van der Waals surface area contributed by atoms with Gasteiger partial charge in [-0.3, -0.25) is 9.36 Å². The van der Waals surface area contributed by atoms with Crippen LogP contribution < -0.4 is 9.83 Å².